The molecule has 0 aliphatic carbocycles. The van der Waals surface area contributed by atoms with Gasteiger partial charge in [0.2, 0.25) is 5.91 Å². The van der Waals surface area contributed by atoms with Crippen LogP contribution in [0.2, 0.25) is 0 Å². The Morgan fingerprint density at radius 1 is 1.58 bits per heavy atom. The molecule has 0 unspecified atom stereocenters. The molecule has 12 heavy (non-hydrogen) atoms. The maximum absolute atomic E-state index is 11.0. The van der Waals surface area contributed by atoms with Gasteiger partial charge in [0, 0.05) is 18.5 Å². The molecule has 0 aliphatic heterocycles. The van der Waals surface area contributed by atoms with Crippen LogP contribution >= 0.6 is 11.6 Å². The van der Waals surface area contributed by atoms with Gasteiger partial charge in [0.05, 0.1) is 0 Å². The predicted molar refractivity (Wildman–Crippen MR) is 48.2 cm³/mol. The van der Waals surface area contributed by atoms with Gasteiger partial charge in [0.1, 0.15) is 5.82 Å². The number of nitrogens with one attached hydrogen (secondary N) is 1. The van der Waals surface area contributed by atoms with Crippen molar-refractivity contribution in [3.05, 3.63) is 24.4 Å². The number of carbonyl (C=O) groups is 1. The molecule has 1 amide bonds. The summed E-state index contributed by atoms with van der Waals surface area (Å²) in [5.41, 5.74) is 0. The minimum atomic E-state index is -0.108. The average Bonchev–Trinajstić information content (AvgIpc) is 2.06. The molecule has 1 N–H and O–H groups in total. The number of aromatic nitrogens is 1. The SMILES string of the molecule is O=C(CCCl)Nc1ccccn1. The minimum absolute atomic E-state index is 0.108. The van der Waals surface area contributed by atoms with Crippen molar-refractivity contribution in [1.29, 1.82) is 0 Å². The van der Waals surface area contributed by atoms with Gasteiger partial charge in [-0.1, -0.05) is 6.07 Å². The monoisotopic (exact) mass is 184 g/mol. The van der Waals surface area contributed by atoms with E-state index in [1.54, 1.807) is 18.3 Å². The lowest BCUT2D eigenvalue weighted by Crippen LogP contribution is -2.12. The first kappa shape index (κ1) is 9.00. The van der Waals surface area contributed by atoms with Gasteiger partial charge < -0.3 is 5.32 Å². The average molecular weight is 185 g/mol. The summed E-state index contributed by atoms with van der Waals surface area (Å²) in [6.07, 6.45) is 1.94. The van der Waals surface area contributed by atoms with E-state index >= 15 is 0 Å². The Kier molecular flexibility index (Phi) is 3.54. The van der Waals surface area contributed by atoms with E-state index in [0.29, 0.717) is 18.1 Å². The topological polar surface area (TPSA) is 42.0 Å². The van der Waals surface area contributed by atoms with Crippen LogP contribution in [0.3, 0.4) is 0 Å². The summed E-state index contributed by atoms with van der Waals surface area (Å²) in [7, 11) is 0. The lowest BCUT2D eigenvalue weighted by atomic mass is 10.4. The summed E-state index contributed by atoms with van der Waals surface area (Å²) in [4.78, 5) is 14.9. The van der Waals surface area contributed by atoms with Crippen molar-refractivity contribution in [2.24, 2.45) is 0 Å². The Bertz CT molecular complexity index is 250. The lowest BCUT2D eigenvalue weighted by Gasteiger charge is -2.00. The fourth-order valence-electron chi connectivity index (χ4n) is 0.728. The van der Waals surface area contributed by atoms with E-state index in [1.807, 2.05) is 6.07 Å². The number of alkyl halides is 1. The fraction of sp³-hybridized carbons (Fsp3) is 0.250. The number of hydrogen-bond acceptors (Lipinski definition) is 2. The van der Waals surface area contributed by atoms with E-state index < -0.39 is 0 Å². The van der Waals surface area contributed by atoms with Crippen molar-refractivity contribution in [1.82, 2.24) is 4.98 Å². The number of amides is 1. The van der Waals surface area contributed by atoms with Gasteiger partial charge in [0.15, 0.2) is 0 Å². The zero-order valence-electron chi connectivity index (χ0n) is 6.46. The first-order valence-electron chi connectivity index (χ1n) is 3.60. The summed E-state index contributed by atoms with van der Waals surface area (Å²) in [5, 5.41) is 2.61. The van der Waals surface area contributed by atoms with Gasteiger partial charge in [-0.3, -0.25) is 4.79 Å². The molecule has 1 heterocycles. The molecule has 0 saturated heterocycles. The van der Waals surface area contributed by atoms with Crippen LogP contribution in [0.4, 0.5) is 5.82 Å². The molecule has 0 radical (unpaired) electrons. The number of anilines is 1. The van der Waals surface area contributed by atoms with E-state index in [1.165, 1.54) is 0 Å². The number of halogens is 1. The van der Waals surface area contributed by atoms with Crippen molar-refractivity contribution < 1.29 is 4.79 Å². The summed E-state index contributed by atoms with van der Waals surface area (Å²) in [5.74, 6) is 0.787. The van der Waals surface area contributed by atoms with Crippen LogP contribution in [0.1, 0.15) is 6.42 Å². The Labute approximate surface area is 75.8 Å². The molecule has 0 saturated carbocycles. The Morgan fingerprint density at radius 3 is 3.00 bits per heavy atom. The molecule has 1 aromatic rings. The van der Waals surface area contributed by atoms with Crippen molar-refractivity contribution >= 4 is 23.3 Å². The van der Waals surface area contributed by atoms with Crippen molar-refractivity contribution in [3.8, 4) is 0 Å². The van der Waals surface area contributed by atoms with Gasteiger partial charge >= 0.3 is 0 Å². The highest BCUT2D eigenvalue weighted by atomic mass is 35.5. The zero-order valence-corrected chi connectivity index (χ0v) is 7.21. The highest BCUT2D eigenvalue weighted by molar-refractivity contribution is 6.19. The quantitative estimate of drug-likeness (QED) is 0.726. The van der Waals surface area contributed by atoms with Crippen molar-refractivity contribution in [2.45, 2.75) is 6.42 Å². The smallest absolute Gasteiger partial charge is 0.226 e. The number of nitrogens with zero attached hydrogens (tertiary/aromatic N) is 1. The normalized spacial score (nSPS) is 9.42. The first-order valence-corrected chi connectivity index (χ1v) is 4.13. The molecular weight excluding hydrogens is 176 g/mol. The molecule has 64 valence electrons. The summed E-state index contributed by atoms with van der Waals surface area (Å²) >= 11 is 5.38. The molecule has 0 fully saturated rings. The van der Waals surface area contributed by atoms with E-state index in [0.717, 1.165) is 0 Å². The van der Waals surface area contributed by atoms with Crippen LogP contribution in [-0.2, 0) is 4.79 Å². The maximum atomic E-state index is 11.0. The minimum Gasteiger partial charge on any atom is -0.311 e. The highest BCUT2D eigenvalue weighted by Crippen LogP contribution is 2.00. The van der Waals surface area contributed by atoms with Crippen LogP contribution in [0.15, 0.2) is 24.4 Å². The standard InChI is InChI=1S/C8H9ClN2O/c9-5-4-8(12)11-7-3-1-2-6-10-7/h1-3,6H,4-5H2,(H,10,11,12). The number of hydrogen-bond donors (Lipinski definition) is 1. The Hall–Kier alpha value is -1.09. The van der Waals surface area contributed by atoms with Crippen LogP contribution in [0.25, 0.3) is 0 Å². The molecule has 0 aliphatic rings. The second kappa shape index (κ2) is 4.72. The number of carbonyl (C=O) groups excluding carboxylic acids is 1. The predicted octanol–water partition coefficient (Wildman–Crippen LogP) is 1.65. The number of rotatable bonds is 3. The Balaban J connectivity index is 2.47. The van der Waals surface area contributed by atoms with Crippen molar-refractivity contribution in [3.63, 3.8) is 0 Å². The van der Waals surface area contributed by atoms with E-state index in [2.05, 4.69) is 10.3 Å². The van der Waals surface area contributed by atoms with E-state index in [-0.39, 0.29) is 5.91 Å². The highest BCUT2D eigenvalue weighted by Gasteiger charge is 1.99. The molecule has 3 nitrogen and oxygen atoms in total. The number of pyridine rings is 1. The Morgan fingerprint density at radius 2 is 2.42 bits per heavy atom. The molecule has 0 atom stereocenters. The molecule has 1 rings (SSSR count). The molecule has 0 spiro atoms. The molecule has 0 bridgehead atoms. The molecule has 0 aromatic carbocycles. The third kappa shape index (κ3) is 2.88. The lowest BCUT2D eigenvalue weighted by molar-refractivity contribution is -0.115. The largest absolute Gasteiger partial charge is 0.311 e. The second-order valence-electron chi connectivity index (χ2n) is 2.20. The molecule has 4 heteroatoms. The van der Waals surface area contributed by atoms with Crippen LogP contribution < -0.4 is 5.32 Å². The summed E-state index contributed by atoms with van der Waals surface area (Å²) in [6, 6.07) is 5.33. The van der Waals surface area contributed by atoms with E-state index in [4.69, 9.17) is 11.6 Å². The zero-order chi connectivity index (χ0) is 8.81. The van der Waals surface area contributed by atoms with Gasteiger partial charge in [-0.25, -0.2) is 4.98 Å². The van der Waals surface area contributed by atoms with Crippen LogP contribution in [-0.4, -0.2) is 16.8 Å². The van der Waals surface area contributed by atoms with Crippen molar-refractivity contribution in [2.75, 3.05) is 11.2 Å². The van der Waals surface area contributed by atoms with Gasteiger partial charge in [0.25, 0.3) is 0 Å². The van der Waals surface area contributed by atoms with Gasteiger partial charge in [-0.05, 0) is 12.1 Å². The van der Waals surface area contributed by atoms with Gasteiger partial charge in [-0.2, -0.15) is 0 Å². The molecule has 1 aromatic heterocycles. The van der Waals surface area contributed by atoms with E-state index in [9.17, 15) is 4.79 Å². The third-order valence-electron chi connectivity index (χ3n) is 1.25. The van der Waals surface area contributed by atoms with Crippen LogP contribution in [0, 0.1) is 0 Å². The van der Waals surface area contributed by atoms with Crippen LogP contribution in [0.5, 0.6) is 0 Å². The first-order chi connectivity index (χ1) is 5.83. The fourth-order valence-corrected chi connectivity index (χ4v) is 0.900. The van der Waals surface area contributed by atoms with Gasteiger partial charge in [-0.15, -0.1) is 11.6 Å². The maximum Gasteiger partial charge on any atom is 0.226 e. The third-order valence-corrected chi connectivity index (χ3v) is 1.44. The second-order valence-corrected chi connectivity index (χ2v) is 2.58. The summed E-state index contributed by atoms with van der Waals surface area (Å²) < 4.78 is 0. The summed E-state index contributed by atoms with van der Waals surface area (Å²) in [6.45, 7) is 0. The molecular formula is C8H9ClN2O.